The molecule has 7 heteroatoms. The Kier molecular flexibility index (Phi) is 5.36. The van der Waals surface area contributed by atoms with E-state index in [1.807, 2.05) is 40.6 Å². The van der Waals surface area contributed by atoms with E-state index < -0.39 is 0 Å². The van der Waals surface area contributed by atoms with E-state index in [-0.39, 0.29) is 23.8 Å². The number of benzene rings is 1. The van der Waals surface area contributed by atoms with Crippen LogP contribution in [0.2, 0.25) is 0 Å². The number of anilines is 1. The largest absolute Gasteiger partial charge is 0.367 e. The minimum absolute atomic E-state index is 0.00463. The zero-order valence-corrected chi connectivity index (χ0v) is 18.1. The highest BCUT2D eigenvalue weighted by atomic mass is 32.1. The van der Waals surface area contributed by atoms with E-state index in [1.54, 1.807) is 23.5 Å². The molecule has 0 radical (unpaired) electrons. The summed E-state index contributed by atoms with van der Waals surface area (Å²) < 4.78 is 0. The van der Waals surface area contributed by atoms with Gasteiger partial charge in [0, 0.05) is 43.2 Å². The van der Waals surface area contributed by atoms with Crippen molar-refractivity contribution >= 4 is 40.8 Å². The smallest absolute Gasteiger partial charge is 0.263 e. The molecule has 2 aliphatic heterocycles. The normalized spacial score (nSPS) is 19.7. The molecule has 2 aromatic rings. The molecule has 1 aromatic carbocycles. The lowest BCUT2D eigenvalue weighted by Crippen LogP contribution is -2.48. The number of amides is 3. The quantitative estimate of drug-likeness (QED) is 0.543. The number of imide groups is 1. The number of hydrogen-bond donors (Lipinski definition) is 0. The summed E-state index contributed by atoms with van der Waals surface area (Å²) in [5.74, 6) is -0.300. The van der Waals surface area contributed by atoms with Crippen molar-refractivity contribution in [1.29, 1.82) is 0 Å². The molecule has 3 amide bonds. The number of fused-ring (bicyclic) bond motifs is 1. The summed E-state index contributed by atoms with van der Waals surface area (Å²) in [6.45, 7) is 2.46. The number of piperazine rings is 1. The van der Waals surface area contributed by atoms with E-state index in [4.69, 9.17) is 0 Å². The van der Waals surface area contributed by atoms with Crippen LogP contribution in [0.5, 0.6) is 0 Å². The maximum Gasteiger partial charge on any atom is 0.263 e. The van der Waals surface area contributed by atoms with Crippen LogP contribution in [-0.4, -0.2) is 59.7 Å². The summed E-state index contributed by atoms with van der Waals surface area (Å²) in [6, 6.07) is 9.53. The first kappa shape index (κ1) is 20.0. The van der Waals surface area contributed by atoms with Crippen LogP contribution >= 0.6 is 11.3 Å². The van der Waals surface area contributed by atoms with Gasteiger partial charge in [-0.1, -0.05) is 25.0 Å². The molecule has 0 N–H and O–H groups in total. The average molecular weight is 436 g/mol. The van der Waals surface area contributed by atoms with Crippen LogP contribution in [0, 0.1) is 0 Å². The Morgan fingerprint density at radius 3 is 2.45 bits per heavy atom. The third-order valence-electron chi connectivity index (χ3n) is 6.48. The van der Waals surface area contributed by atoms with E-state index in [2.05, 4.69) is 4.90 Å². The van der Waals surface area contributed by atoms with Gasteiger partial charge in [0.15, 0.2) is 0 Å². The average Bonchev–Trinajstić information content (AvgIpc) is 3.55. The first-order valence-electron chi connectivity index (χ1n) is 10.9. The Morgan fingerprint density at radius 1 is 0.968 bits per heavy atom. The van der Waals surface area contributed by atoms with Crippen LogP contribution < -0.4 is 4.90 Å². The number of nitrogens with zero attached hydrogens (tertiary/aromatic N) is 3. The lowest BCUT2D eigenvalue weighted by molar-refractivity contribution is -0.126. The molecular weight excluding hydrogens is 410 g/mol. The van der Waals surface area contributed by atoms with Crippen LogP contribution in [0.4, 0.5) is 5.69 Å². The molecule has 3 aliphatic rings. The molecule has 1 saturated carbocycles. The third-order valence-corrected chi connectivity index (χ3v) is 7.32. The highest BCUT2D eigenvalue weighted by molar-refractivity contribution is 7.10. The molecule has 31 heavy (non-hydrogen) atoms. The second-order valence-corrected chi connectivity index (χ2v) is 9.26. The molecule has 0 atom stereocenters. The maximum atomic E-state index is 13.2. The first-order chi connectivity index (χ1) is 15.1. The number of carbonyl (C=O) groups is 3. The SMILES string of the molecule is O=C(/C=C/c1cccs1)N1CCN(c2cccc3c2C(=O)N(C2CCCC2)C3=O)CC1. The zero-order valence-electron chi connectivity index (χ0n) is 17.3. The molecule has 3 heterocycles. The van der Waals surface area contributed by atoms with Crippen molar-refractivity contribution < 1.29 is 14.4 Å². The van der Waals surface area contributed by atoms with E-state index in [9.17, 15) is 14.4 Å². The molecule has 0 bridgehead atoms. The van der Waals surface area contributed by atoms with Gasteiger partial charge >= 0.3 is 0 Å². The van der Waals surface area contributed by atoms with Crippen molar-refractivity contribution in [3.05, 3.63) is 57.8 Å². The van der Waals surface area contributed by atoms with E-state index in [1.165, 1.54) is 4.90 Å². The van der Waals surface area contributed by atoms with Crippen molar-refractivity contribution in [3.8, 4) is 0 Å². The second-order valence-electron chi connectivity index (χ2n) is 8.28. The van der Waals surface area contributed by atoms with Gasteiger partial charge in [-0.15, -0.1) is 11.3 Å². The van der Waals surface area contributed by atoms with Crippen molar-refractivity contribution in [1.82, 2.24) is 9.80 Å². The van der Waals surface area contributed by atoms with Gasteiger partial charge in [-0.05, 0) is 42.5 Å². The van der Waals surface area contributed by atoms with E-state index >= 15 is 0 Å². The number of thiophene rings is 1. The molecule has 1 aliphatic carbocycles. The summed E-state index contributed by atoms with van der Waals surface area (Å²) in [5.41, 5.74) is 1.88. The van der Waals surface area contributed by atoms with Gasteiger partial charge in [-0.25, -0.2) is 0 Å². The summed E-state index contributed by atoms with van der Waals surface area (Å²) in [6.07, 6.45) is 7.43. The van der Waals surface area contributed by atoms with Gasteiger partial charge in [0.25, 0.3) is 11.8 Å². The summed E-state index contributed by atoms with van der Waals surface area (Å²) in [4.78, 5) is 45.3. The Hall–Kier alpha value is -2.93. The lowest BCUT2D eigenvalue weighted by atomic mass is 10.1. The van der Waals surface area contributed by atoms with Gasteiger partial charge < -0.3 is 9.80 Å². The lowest BCUT2D eigenvalue weighted by Gasteiger charge is -2.36. The summed E-state index contributed by atoms with van der Waals surface area (Å²) >= 11 is 1.60. The Balaban J connectivity index is 1.30. The van der Waals surface area contributed by atoms with Crippen LogP contribution in [0.25, 0.3) is 6.08 Å². The minimum atomic E-state index is -0.153. The van der Waals surface area contributed by atoms with E-state index in [0.717, 1.165) is 36.2 Å². The number of hydrogen-bond acceptors (Lipinski definition) is 5. The standard InChI is InChI=1S/C24H25N3O3S/c28-21(11-10-18-7-4-16-31-18)26-14-12-25(13-15-26)20-9-3-8-19-22(20)24(30)27(23(19)29)17-5-1-2-6-17/h3-4,7-11,16-17H,1-2,5-6,12-15H2/b11-10+. The molecule has 0 spiro atoms. The number of carbonyl (C=O) groups excluding carboxylic acids is 3. The highest BCUT2D eigenvalue weighted by Gasteiger charge is 2.43. The van der Waals surface area contributed by atoms with Crippen molar-refractivity contribution in [2.24, 2.45) is 0 Å². The Morgan fingerprint density at radius 2 is 1.74 bits per heavy atom. The Bertz CT molecular complexity index is 1030. The van der Waals surface area contributed by atoms with Gasteiger partial charge in [0.05, 0.1) is 16.8 Å². The Labute approximate surface area is 185 Å². The highest BCUT2D eigenvalue weighted by Crippen LogP contribution is 2.36. The van der Waals surface area contributed by atoms with Crippen molar-refractivity contribution in [2.75, 3.05) is 31.1 Å². The summed E-state index contributed by atoms with van der Waals surface area (Å²) in [7, 11) is 0. The molecule has 0 unspecified atom stereocenters. The van der Waals surface area contributed by atoms with Crippen LogP contribution in [0.15, 0.2) is 41.8 Å². The van der Waals surface area contributed by atoms with Gasteiger partial charge in [0.2, 0.25) is 5.91 Å². The fourth-order valence-electron chi connectivity index (χ4n) is 4.86. The molecular formula is C24H25N3O3S. The van der Waals surface area contributed by atoms with Crippen molar-refractivity contribution in [3.63, 3.8) is 0 Å². The van der Waals surface area contributed by atoms with Gasteiger partial charge in [-0.3, -0.25) is 19.3 Å². The molecule has 1 saturated heterocycles. The molecule has 6 nitrogen and oxygen atoms in total. The van der Waals surface area contributed by atoms with Crippen LogP contribution in [0.1, 0.15) is 51.3 Å². The van der Waals surface area contributed by atoms with E-state index in [0.29, 0.717) is 37.3 Å². The number of rotatable bonds is 4. The molecule has 5 rings (SSSR count). The fraction of sp³-hybridized carbons (Fsp3) is 0.375. The van der Waals surface area contributed by atoms with Gasteiger partial charge in [-0.2, -0.15) is 0 Å². The molecule has 160 valence electrons. The maximum absolute atomic E-state index is 13.2. The zero-order chi connectivity index (χ0) is 21.4. The molecule has 1 aromatic heterocycles. The summed E-state index contributed by atoms with van der Waals surface area (Å²) in [5, 5.41) is 1.99. The van der Waals surface area contributed by atoms with Crippen molar-refractivity contribution in [2.45, 2.75) is 31.7 Å². The van der Waals surface area contributed by atoms with Gasteiger partial charge in [0.1, 0.15) is 0 Å². The topological polar surface area (TPSA) is 60.9 Å². The second kappa shape index (κ2) is 8.30. The predicted octanol–water partition coefficient (Wildman–Crippen LogP) is 3.65. The first-order valence-corrected chi connectivity index (χ1v) is 11.8. The monoisotopic (exact) mass is 435 g/mol. The predicted molar refractivity (Wildman–Crippen MR) is 121 cm³/mol. The van der Waals surface area contributed by atoms with Crippen LogP contribution in [0.3, 0.4) is 0 Å². The van der Waals surface area contributed by atoms with Crippen LogP contribution in [-0.2, 0) is 4.79 Å². The third kappa shape index (κ3) is 3.67. The molecule has 2 fully saturated rings. The minimum Gasteiger partial charge on any atom is -0.367 e. The fourth-order valence-corrected chi connectivity index (χ4v) is 5.47.